The molecular formula is C29H34N4O9. The Bertz CT molecular complexity index is 1320. The zero-order valence-corrected chi connectivity index (χ0v) is 23.5. The van der Waals surface area contributed by atoms with Gasteiger partial charge in [-0.05, 0) is 30.0 Å². The van der Waals surface area contributed by atoms with E-state index in [0.29, 0.717) is 11.3 Å². The summed E-state index contributed by atoms with van der Waals surface area (Å²) in [7, 11) is 0. The fourth-order valence-corrected chi connectivity index (χ4v) is 4.11. The van der Waals surface area contributed by atoms with Crippen molar-refractivity contribution in [3.63, 3.8) is 0 Å². The fraction of sp³-hybridized carbons (Fsp3) is 0.379. The summed E-state index contributed by atoms with van der Waals surface area (Å²) in [5, 5.41) is 17.5. The molecule has 3 atom stereocenters. The number of carboxylic acid groups (broad SMARTS) is 1. The third-order valence-corrected chi connectivity index (χ3v) is 6.39. The molecule has 1 aliphatic heterocycles. The van der Waals surface area contributed by atoms with Crippen LogP contribution < -0.4 is 21.0 Å². The van der Waals surface area contributed by atoms with Crippen LogP contribution in [0.1, 0.15) is 38.3 Å². The highest BCUT2D eigenvalue weighted by Crippen LogP contribution is 2.28. The van der Waals surface area contributed by atoms with Crippen molar-refractivity contribution in [2.45, 2.75) is 58.3 Å². The summed E-state index contributed by atoms with van der Waals surface area (Å²) in [5.74, 6) is -4.42. The molecule has 4 amide bonds. The summed E-state index contributed by atoms with van der Waals surface area (Å²) in [6.45, 7) is 4.05. The van der Waals surface area contributed by atoms with Gasteiger partial charge >= 0.3 is 12.1 Å². The van der Waals surface area contributed by atoms with Crippen LogP contribution in [0.4, 0.5) is 10.5 Å². The fourth-order valence-electron chi connectivity index (χ4n) is 4.11. The highest BCUT2D eigenvalue weighted by Gasteiger charge is 2.32. The molecule has 224 valence electrons. The minimum Gasteiger partial charge on any atom is -0.481 e. The molecule has 0 aromatic heterocycles. The van der Waals surface area contributed by atoms with Crippen molar-refractivity contribution in [1.29, 1.82) is 0 Å². The number of hydroxylamine groups is 1. The predicted octanol–water partition coefficient (Wildman–Crippen LogP) is 1.49. The molecule has 1 aliphatic rings. The number of hydrogen-bond donors (Lipinski definition) is 4. The number of anilines is 1. The van der Waals surface area contributed by atoms with Gasteiger partial charge in [0.15, 0.2) is 5.78 Å². The molecular weight excluding hydrogens is 548 g/mol. The number of aliphatic carboxylic acids is 1. The number of carbonyl (C=O) groups excluding carboxylic acids is 5. The van der Waals surface area contributed by atoms with Gasteiger partial charge in [-0.15, -0.1) is 0 Å². The zero-order valence-electron chi connectivity index (χ0n) is 23.5. The Hall–Kier alpha value is -4.78. The lowest BCUT2D eigenvalue weighted by molar-refractivity contribution is -0.142. The van der Waals surface area contributed by atoms with E-state index in [1.165, 1.54) is 6.92 Å². The van der Waals surface area contributed by atoms with E-state index < -0.39 is 66.7 Å². The van der Waals surface area contributed by atoms with Gasteiger partial charge in [-0.25, -0.2) is 4.79 Å². The van der Waals surface area contributed by atoms with Gasteiger partial charge in [-0.1, -0.05) is 62.4 Å². The van der Waals surface area contributed by atoms with Crippen LogP contribution in [0, 0.1) is 5.92 Å². The quantitative estimate of drug-likeness (QED) is 0.257. The van der Waals surface area contributed by atoms with Crippen molar-refractivity contribution in [2.24, 2.45) is 5.92 Å². The van der Waals surface area contributed by atoms with Crippen LogP contribution in [0.25, 0.3) is 0 Å². The lowest BCUT2D eigenvalue weighted by Crippen LogP contribution is -2.56. The number of carbonyl (C=O) groups is 6. The standard InChI is InChI=1S/C29H34N4O9/c1-17(2)26(32-29(40)41-15-19-9-5-4-6-10-19)28(39)30-18(3)27(38)31-21(14-25(36)37)23(34)16-42-33-22-12-8-7-11-20(22)13-24(33)35/h4-12,17-18,21,26H,13-16H2,1-3H3,(H,30,39)(H,31,38)(H,32,40)(H,36,37)/t18-,21-,26-/m0/s1. The number of nitrogens with zero attached hydrogens (tertiary/aromatic N) is 1. The van der Waals surface area contributed by atoms with E-state index in [0.717, 1.165) is 10.6 Å². The Labute approximate surface area is 242 Å². The smallest absolute Gasteiger partial charge is 0.408 e. The van der Waals surface area contributed by atoms with Crippen LogP contribution >= 0.6 is 0 Å². The monoisotopic (exact) mass is 582 g/mol. The highest BCUT2D eigenvalue weighted by molar-refractivity contribution is 6.00. The van der Waals surface area contributed by atoms with E-state index in [-0.39, 0.29) is 18.9 Å². The second-order valence-electron chi connectivity index (χ2n) is 10.1. The number of Topliss-reactive ketones (excluding diaryl/α,β-unsaturated/α-hetero) is 1. The largest absolute Gasteiger partial charge is 0.481 e. The molecule has 13 nitrogen and oxygen atoms in total. The van der Waals surface area contributed by atoms with Crippen molar-refractivity contribution in [1.82, 2.24) is 16.0 Å². The molecule has 0 aliphatic carbocycles. The maximum Gasteiger partial charge on any atom is 0.408 e. The summed E-state index contributed by atoms with van der Waals surface area (Å²) in [6.07, 6.45) is -1.48. The molecule has 13 heteroatoms. The third-order valence-electron chi connectivity index (χ3n) is 6.39. The molecule has 0 saturated heterocycles. The Balaban J connectivity index is 1.55. The number of alkyl carbamates (subject to hydrolysis) is 1. The van der Waals surface area contributed by atoms with Gasteiger partial charge in [0.2, 0.25) is 11.8 Å². The topological polar surface area (TPSA) is 180 Å². The predicted molar refractivity (Wildman–Crippen MR) is 149 cm³/mol. The van der Waals surface area contributed by atoms with Crippen molar-refractivity contribution in [3.05, 3.63) is 65.7 Å². The number of benzene rings is 2. The first-order chi connectivity index (χ1) is 20.0. The Morgan fingerprint density at radius 1 is 0.905 bits per heavy atom. The van der Waals surface area contributed by atoms with Crippen LogP contribution in [0.3, 0.4) is 0 Å². The van der Waals surface area contributed by atoms with E-state index in [9.17, 15) is 33.9 Å². The second-order valence-corrected chi connectivity index (χ2v) is 10.1. The van der Waals surface area contributed by atoms with Crippen LogP contribution in [-0.2, 0) is 46.6 Å². The third kappa shape index (κ3) is 8.86. The maximum absolute atomic E-state index is 12.9. The van der Waals surface area contributed by atoms with Gasteiger partial charge in [-0.2, -0.15) is 5.06 Å². The molecule has 3 rings (SSSR count). The number of ketones is 1. The molecule has 1 heterocycles. The lowest BCUT2D eigenvalue weighted by Gasteiger charge is -2.25. The first kappa shape index (κ1) is 31.7. The molecule has 0 saturated carbocycles. The van der Waals surface area contributed by atoms with Crippen LogP contribution in [0.2, 0.25) is 0 Å². The molecule has 0 radical (unpaired) electrons. The molecule has 4 N–H and O–H groups in total. The second kappa shape index (κ2) is 14.7. The van der Waals surface area contributed by atoms with E-state index in [2.05, 4.69) is 16.0 Å². The summed E-state index contributed by atoms with van der Waals surface area (Å²) in [4.78, 5) is 79.9. The number of fused-ring (bicyclic) bond motifs is 1. The summed E-state index contributed by atoms with van der Waals surface area (Å²) < 4.78 is 5.17. The minimum atomic E-state index is -1.49. The van der Waals surface area contributed by atoms with Crippen molar-refractivity contribution >= 4 is 41.3 Å². The van der Waals surface area contributed by atoms with Crippen LogP contribution in [0.15, 0.2) is 54.6 Å². The molecule has 0 bridgehead atoms. The van der Waals surface area contributed by atoms with Gasteiger partial charge in [0.05, 0.1) is 18.5 Å². The Morgan fingerprint density at radius 2 is 1.57 bits per heavy atom. The highest BCUT2D eigenvalue weighted by atomic mass is 16.7. The Kier molecular flexibility index (Phi) is 11.1. The zero-order chi connectivity index (χ0) is 30.8. The van der Waals surface area contributed by atoms with Crippen LogP contribution in [-0.4, -0.2) is 65.4 Å². The molecule has 0 spiro atoms. The van der Waals surface area contributed by atoms with Crippen molar-refractivity contribution in [3.8, 4) is 0 Å². The van der Waals surface area contributed by atoms with Crippen LogP contribution in [0.5, 0.6) is 0 Å². The average molecular weight is 583 g/mol. The maximum atomic E-state index is 12.9. The summed E-state index contributed by atoms with van der Waals surface area (Å²) >= 11 is 0. The molecule has 0 unspecified atom stereocenters. The lowest BCUT2D eigenvalue weighted by atomic mass is 10.0. The van der Waals surface area contributed by atoms with E-state index in [1.807, 2.05) is 6.07 Å². The van der Waals surface area contributed by atoms with Gasteiger partial charge in [0.1, 0.15) is 31.3 Å². The van der Waals surface area contributed by atoms with E-state index in [4.69, 9.17) is 9.57 Å². The molecule has 0 fully saturated rings. The average Bonchev–Trinajstić information content (AvgIpc) is 3.27. The summed E-state index contributed by atoms with van der Waals surface area (Å²) in [6, 6.07) is 12.1. The summed E-state index contributed by atoms with van der Waals surface area (Å²) in [5.41, 5.74) is 1.95. The minimum absolute atomic E-state index is 0.000936. The number of ether oxygens (including phenoxy) is 1. The first-order valence-corrected chi connectivity index (χ1v) is 13.3. The number of rotatable bonds is 14. The van der Waals surface area contributed by atoms with Gasteiger partial charge < -0.3 is 25.8 Å². The number of hydrogen-bond acceptors (Lipinski definition) is 8. The number of amides is 4. The van der Waals surface area contributed by atoms with Gasteiger partial charge in [0, 0.05) is 0 Å². The SMILES string of the molecule is CC(C)[C@H](NC(=O)OCc1ccccc1)C(=O)N[C@@H](C)C(=O)N[C@@H](CC(=O)O)C(=O)CON1C(=O)Cc2ccccc21. The van der Waals surface area contributed by atoms with E-state index >= 15 is 0 Å². The van der Waals surface area contributed by atoms with Crippen molar-refractivity contribution < 1.29 is 43.4 Å². The number of carboxylic acids is 1. The normalized spacial score (nSPS) is 14.4. The first-order valence-electron chi connectivity index (χ1n) is 13.3. The molecule has 2 aromatic carbocycles. The van der Waals surface area contributed by atoms with Gasteiger partial charge in [0.25, 0.3) is 5.91 Å². The number of nitrogens with one attached hydrogen (secondary N) is 3. The molecule has 42 heavy (non-hydrogen) atoms. The molecule has 2 aromatic rings. The van der Waals surface area contributed by atoms with E-state index in [1.54, 1.807) is 62.4 Å². The Morgan fingerprint density at radius 3 is 2.24 bits per heavy atom. The van der Waals surface area contributed by atoms with Crippen molar-refractivity contribution in [2.75, 3.05) is 11.7 Å². The number of para-hydroxylation sites is 1. The van der Waals surface area contributed by atoms with Gasteiger partial charge in [-0.3, -0.25) is 28.8 Å².